The van der Waals surface area contributed by atoms with E-state index in [1.807, 2.05) is 0 Å². The van der Waals surface area contributed by atoms with Crippen LogP contribution in [0.4, 0.5) is 0 Å². The van der Waals surface area contributed by atoms with Gasteiger partial charge in [-0.2, -0.15) is 0 Å². The number of nitrogens with one attached hydrogen (secondary N) is 1. The number of hydrogen-bond acceptors (Lipinski definition) is 4. The predicted molar refractivity (Wildman–Crippen MR) is 102 cm³/mol. The zero-order chi connectivity index (χ0) is 19.3. The average Bonchev–Trinajstić information content (AvgIpc) is 2.59. The van der Waals surface area contributed by atoms with Crippen LogP contribution in [0, 0.1) is 0 Å². The van der Waals surface area contributed by atoms with E-state index in [1.165, 1.54) is 12.3 Å². The van der Waals surface area contributed by atoms with Crippen molar-refractivity contribution in [2.75, 3.05) is 12.9 Å². The van der Waals surface area contributed by atoms with Gasteiger partial charge in [-0.15, -0.1) is 0 Å². The summed E-state index contributed by atoms with van der Waals surface area (Å²) in [4.78, 5) is 24.6. The molecule has 0 saturated heterocycles. The minimum Gasteiger partial charge on any atom is -0.452 e. The van der Waals surface area contributed by atoms with E-state index < -0.39 is 29.3 Å². The van der Waals surface area contributed by atoms with E-state index in [4.69, 9.17) is 27.9 Å². The molecule has 2 aromatic carbocycles. The zero-order valence-electron chi connectivity index (χ0n) is 14.1. The van der Waals surface area contributed by atoms with Gasteiger partial charge >= 0.3 is 5.97 Å². The zero-order valence-corrected chi connectivity index (χ0v) is 16.5. The number of carbonyl (C=O) groups excluding carboxylic acids is 2. The van der Waals surface area contributed by atoms with Crippen LogP contribution in [-0.4, -0.2) is 28.9 Å². The highest BCUT2D eigenvalue weighted by molar-refractivity contribution is 7.84. The molecule has 26 heavy (non-hydrogen) atoms. The predicted octanol–water partition coefficient (Wildman–Crippen LogP) is 3.77. The van der Waals surface area contributed by atoms with Gasteiger partial charge in [0, 0.05) is 16.3 Å². The van der Waals surface area contributed by atoms with Crippen molar-refractivity contribution in [2.24, 2.45) is 0 Å². The van der Waals surface area contributed by atoms with Gasteiger partial charge in [-0.3, -0.25) is 9.00 Å². The number of amides is 1. The lowest BCUT2D eigenvalue weighted by molar-refractivity contribution is -0.124. The van der Waals surface area contributed by atoms with E-state index in [-0.39, 0.29) is 11.6 Å². The second-order valence-corrected chi connectivity index (χ2v) is 7.67. The normalized spacial score (nSPS) is 12.9. The molecule has 1 N–H and O–H groups in total. The maximum Gasteiger partial charge on any atom is 0.339 e. The summed E-state index contributed by atoms with van der Waals surface area (Å²) in [5.41, 5.74) is 0.873. The molecule has 2 rings (SSSR count). The summed E-state index contributed by atoms with van der Waals surface area (Å²) in [5, 5.41) is 3.63. The first-order valence-corrected chi connectivity index (χ1v) is 9.95. The van der Waals surface area contributed by atoms with E-state index in [9.17, 15) is 13.8 Å². The molecule has 0 spiro atoms. The van der Waals surface area contributed by atoms with E-state index >= 15 is 0 Å². The van der Waals surface area contributed by atoms with Crippen molar-refractivity contribution in [3.8, 4) is 0 Å². The maximum atomic E-state index is 12.1. The highest BCUT2D eigenvalue weighted by Crippen LogP contribution is 2.26. The van der Waals surface area contributed by atoms with Crippen molar-refractivity contribution in [1.82, 2.24) is 5.32 Å². The van der Waals surface area contributed by atoms with Gasteiger partial charge < -0.3 is 10.1 Å². The molecule has 0 heterocycles. The number of hydrogen-bond donors (Lipinski definition) is 1. The molecule has 2 atom stereocenters. The molecular weight excluding hydrogens is 397 g/mol. The lowest BCUT2D eigenvalue weighted by Crippen LogP contribution is -2.31. The largest absolute Gasteiger partial charge is 0.452 e. The Kier molecular flexibility index (Phi) is 7.20. The molecule has 5 nitrogen and oxygen atoms in total. The molecule has 0 aliphatic carbocycles. The fraction of sp³-hybridized carbons (Fsp3) is 0.222. The van der Waals surface area contributed by atoms with Crippen LogP contribution >= 0.6 is 23.2 Å². The molecule has 0 bridgehead atoms. The third kappa shape index (κ3) is 5.30. The van der Waals surface area contributed by atoms with Gasteiger partial charge in [0.1, 0.15) is 0 Å². The van der Waals surface area contributed by atoms with Crippen molar-refractivity contribution in [2.45, 2.75) is 17.9 Å². The summed E-state index contributed by atoms with van der Waals surface area (Å²) in [6.07, 6.45) is 1.47. The second kappa shape index (κ2) is 9.16. The van der Waals surface area contributed by atoms with Crippen molar-refractivity contribution < 1.29 is 18.5 Å². The number of esters is 1. The van der Waals surface area contributed by atoms with Gasteiger partial charge in [0.05, 0.1) is 27.3 Å². The Hall–Kier alpha value is -1.89. The van der Waals surface area contributed by atoms with Crippen molar-refractivity contribution in [3.05, 3.63) is 63.6 Å². The van der Waals surface area contributed by atoms with Crippen LogP contribution in [0.15, 0.2) is 47.4 Å². The first-order valence-electron chi connectivity index (χ1n) is 7.63. The minimum absolute atomic E-state index is 0.176. The van der Waals surface area contributed by atoms with Crippen molar-refractivity contribution in [1.29, 1.82) is 0 Å². The molecular formula is C18H17Cl2NO4S. The molecule has 1 amide bonds. The SMILES string of the molecule is C[C@H](NC(=O)COC(=O)c1ccccc1[S@@](C)=O)c1ccc(Cl)cc1Cl. The summed E-state index contributed by atoms with van der Waals surface area (Å²) in [7, 11) is -1.34. The van der Waals surface area contributed by atoms with Crippen LogP contribution in [0.2, 0.25) is 10.0 Å². The average molecular weight is 414 g/mol. The van der Waals surface area contributed by atoms with E-state index in [1.54, 1.807) is 43.3 Å². The Bertz CT molecular complexity index is 857. The van der Waals surface area contributed by atoms with Crippen LogP contribution in [0.25, 0.3) is 0 Å². The lowest BCUT2D eigenvalue weighted by Gasteiger charge is -2.16. The van der Waals surface area contributed by atoms with Crippen molar-refractivity contribution in [3.63, 3.8) is 0 Å². The standard InChI is InChI=1S/C18H17Cl2NO4S/c1-11(13-8-7-12(19)9-15(13)20)21-17(22)10-25-18(23)14-5-3-4-6-16(14)26(2)24/h3-9,11H,10H2,1-2H3,(H,21,22)/t11-,26+/m0/s1. The molecule has 0 aliphatic heterocycles. The van der Waals surface area contributed by atoms with Gasteiger partial charge in [-0.1, -0.05) is 41.4 Å². The Labute approximate surface area is 164 Å². The second-order valence-electron chi connectivity index (χ2n) is 5.48. The third-order valence-corrected chi connectivity index (χ3v) is 5.10. The number of ether oxygens (including phenoxy) is 1. The third-order valence-electron chi connectivity index (χ3n) is 3.56. The Balaban J connectivity index is 1.96. The quantitative estimate of drug-likeness (QED) is 0.731. The van der Waals surface area contributed by atoms with E-state index in [0.717, 1.165) is 0 Å². The first-order chi connectivity index (χ1) is 12.3. The maximum absolute atomic E-state index is 12.1. The molecule has 0 aromatic heterocycles. The van der Waals surface area contributed by atoms with E-state index in [0.29, 0.717) is 20.5 Å². The smallest absolute Gasteiger partial charge is 0.339 e. The fourth-order valence-corrected chi connectivity index (χ4v) is 3.61. The Morgan fingerprint density at radius 2 is 1.88 bits per heavy atom. The highest BCUT2D eigenvalue weighted by atomic mass is 35.5. The monoisotopic (exact) mass is 413 g/mol. The molecule has 0 aliphatic rings. The molecule has 0 fully saturated rings. The van der Waals surface area contributed by atoms with Crippen LogP contribution < -0.4 is 5.32 Å². The summed E-state index contributed by atoms with van der Waals surface area (Å²) < 4.78 is 16.7. The molecule has 2 aromatic rings. The first kappa shape index (κ1) is 20.4. The Morgan fingerprint density at radius 3 is 2.54 bits per heavy atom. The fourth-order valence-electron chi connectivity index (χ4n) is 2.31. The van der Waals surface area contributed by atoms with Crippen LogP contribution in [0.5, 0.6) is 0 Å². The molecule has 0 unspecified atom stereocenters. The number of benzene rings is 2. The molecule has 0 saturated carbocycles. The number of carbonyl (C=O) groups is 2. The molecule has 138 valence electrons. The van der Waals surface area contributed by atoms with Crippen LogP contribution in [-0.2, 0) is 20.3 Å². The summed E-state index contributed by atoms with van der Waals surface area (Å²) in [6.45, 7) is 1.30. The topological polar surface area (TPSA) is 72.5 Å². The van der Waals surface area contributed by atoms with Gasteiger partial charge in [-0.05, 0) is 36.8 Å². The van der Waals surface area contributed by atoms with Crippen LogP contribution in [0.3, 0.4) is 0 Å². The van der Waals surface area contributed by atoms with Gasteiger partial charge in [0.2, 0.25) is 0 Å². The highest BCUT2D eigenvalue weighted by Gasteiger charge is 2.18. The van der Waals surface area contributed by atoms with Gasteiger partial charge in [-0.25, -0.2) is 4.79 Å². The lowest BCUT2D eigenvalue weighted by atomic mass is 10.1. The summed E-state index contributed by atoms with van der Waals surface area (Å²) in [6, 6.07) is 11.0. The number of rotatable bonds is 6. The minimum atomic E-state index is -1.34. The Morgan fingerprint density at radius 1 is 1.19 bits per heavy atom. The molecule has 8 heteroatoms. The van der Waals surface area contributed by atoms with Crippen LogP contribution in [0.1, 0.15) is 28.9 Å². The summed E-state index contributed by atoms with van der Waals surface area (Å²) >= 11 is 12.0. The van der Waals surface area contributed by atoms with Crippen molar-refractivity contribution >= 4 is 45.9 Å². The molecule has 0 radical (unpaired) electrons. The van der Waals surface area contributed by atoms with E-state index in [2.05, 4.69) is 5.32 Å². The van der Waals surface area contributed by atoms with Gasteiger partial charge in [0.15, 0.2) is 6.61 Å². The van der Waals surface area contributed by atoms with Gasteiger partial charge in [0.25, 0.3) is 5.91 Å². The number of halogens is 2. The summed E-state index contributed by atoms with van der Waals surface area (Å²) in [5.74, 6) is -1.19.